The van der Waals surface area contributed by atoms with Gasteiger partial charge in [-0.1, -0.05) is 13.3 Å². The molecule has 0 amide bonds. The smallest absolute Gasteiger partial charge is 0.305 e. The van der Waals surface area contributed by atoms with Crippen LogP contribution in [0.2, 0.25) is 0 Å². The molecule has 0 aliphatic carbocycles. The molecule has 3 nitrogen and oxygen atoms in total. The summed E-state index contributed by atoms with van der Waals surface area (Å²) in [5.74, 6) is 2.59. The van der Waals surface area contributed by atoms with Gasteiger partial charge in [-0.25, -0.2) is 0 Å². The minimum Gasteiger partial charge on any atom is -0.466 e. The number of hydrogen-bond acceptors (Lipinski definition) is 3. The molecule has 1 unspecified atom stereocenters. The number of unbranched alkanes of at least 4 members (excludes halogenated alkanes) is 2. The van der Waals surface area contributed by atoms with Crippen LogP contribution in [0.15, 0.2) is 0 Å². The molecule has 0 rings (SSSR count). The molecule has 0 fully saturated rings. The fourth-order valence-corrected chi connectivity index (χ4v) is 1.61. The van der Waals surface area contributed by atoms with Gasteiger partial charge >= 0.3 is 5.97 Å². The Bertz CT molecular complexity index is 233. The Morgan fingerprint density at radius 1 is 1.35 bits per heavy atom. The predicted molar refractivity (Wildman–Crippen MR) is 70.6 cm³/mol. The number of ether oxygens (including phenoxy) is 1. The first kappa shape index (κ1) is 16.0. The molecule has 0 heterocycles. The minimum atomic E-state index is -0.0841. The number of carbonyl (C=O) groups excluding carboxylic acids is 1. The first-order valence-corrected chi connectivity index (χ1v) is 6.57. The molecule has 98 valence electrons. The van der Waals surface area contributed by atoms with Crippen molar-refractivity contribution in [3.63, 3.8) is 0 Å². The van der Waals surface area contributed by atoms with Crippen LogP contribution < -0.4 is 5.32 Å². The highest BCUT2D eigenvalue weighted by Gasteiger charge is 2.03. The van der Waals surface area contributed by atoms with Crippen LogP contribution in [0.4, 0.5) is 0 Å². The van der Waals surface area contributed by atoms with Crippen LogP contribution >= 0.6 is 0 Å². The molecule has 0 aromatic rings. The second-order valence-corrected chi connectivity index (χ2v) is 4.08. The van der Waals surface area contributed by atoms with Gasteiger partial charge in [-0.05, 0) is 32.7 Å². The van der Waals surface area contributed by atoms with Crippen LogP contribution in [0, 0.1) is 12.3 Å². The quantitative estimate of drug-likeness (QED) is 0.361. The summed E-state index contributed by atoms with van der Waals surface area (Å²) in [4.78, 5) is 11.1. The first-order chi connectivity index (χ1) is 8.24. The van der Waals surface area contributed by atoms with Crippen LogP contribution in [-0.2, 0) is 9.53 Å². The van der Waals surface area contributed by atoms with Crippen LogP contribution in [-0.4, -0.2) is 25.2 Å². The number of nitrogens with one attached hydrogen (secondary N) is 1. The van der Waals surface area contributed by atoms with Gasteiger partial charge in [0.15, 0.2) is 0 Å². The van der Waals surface area contributed by atoms with Crippen molar-refractivity contribution in [2.45, 2.75) is 58.4 Å². The second-order valence-electron chi connectivity index (χ2n) is 4.08. The molecule has 0 aromatic carbocycles. The Hall–Kier alpha value is -1.01. The van der Waals surface area contributed by atoms with Crippen molar-refractivity contribution in [3.8, 4) is 12.3 Å². The van der Waals surface area contributed by atoms with E-state index in [2.05, 4.69) is 18.2 Å². The van der Waals surface area contributed by atoms with Gasteiger partial charge in [-0.3, -0.25) is 4.79 Å². The highest BCUT2D eigenvalue weighted by atomic mass is 16.5. The molecule has 0 saturated heterocycles. The Labute approximate surface area is 105 Å². The number of terminal acetylenes is 1. The summed E-state index contributed by atoms with van der Waals surface area (Å²) in [5.41, 5.74) is 0. The van der Waals surface area contributed by atoms with E-state index >= 15 is 0 Å². The maximum absolute atomic E-state index is 11.1. The van der Waals surface area contributed by atoms with Crippen molar-refractivity contribution in [3.05, 3.63) is 0 Å². The normalized spacial score (nSPS) is 11.8. The molecule has 0 aliphatic rings. The first-order valence-electron chi connectivity index (χ1n) is 6.57. The maximum Gasteiger partial charge on any atom is 0.305 e. The van der Waals surface area contributed by atoms with E-state index in [0.717, 1.165) is 38.6 Å². The van der Waals surface area contributed by atoms with E-state index in [1.807, 2.05) is 6.92 Å². The summed E-state index contributed by atoms with van der Waals surface area (Å²) in [6.07, 6.45) is 10.7. The molecule has 3 heteroatoms. The second kappa shape index (κ2) is 11.5. The largest absolute Gasteiger partial charge is 0.466 e. The van der Waals surface area contributed by atoms with Crippen molar-refractivity contribution >= 4 is 5.97 Å². The Kier molecular flexibility index (Phi) is 10.8. The number of esters is 1. The molecule has 1 N–H and O–H groups in total. The average molecular weight is 239 g/mol. The van der Waals surface area contributed by atoms with E-state index in [9.17, 15) is 4.79 Å². The summed E-state index contributed by atoms with van der Waals surface area (Å²) >= 11 is 0. The van der Waals surface area contributed by atoms with Crippen LogP contribution in [0.1, 0.15) is 52.4 Å². The summed E-state index contributed by atoms with van der Waals surface area (Å²) in [7, 11) is 0. The van der Waals surface area contributed by atoms with Crippen molar-refractivity contribution in [2.75, 3.05) is 13.2 Å². The summed E-state index contributed by atoms with van der Waals surface area (Å²) < 4.78 is 4.86. The van der Waals surface area contributed by atoms with Gasteiger partial charge in [0, 0.05) is 18.9 Å². The molecule has 17 heavy (non-hydrogen) atoms. The highest BCUT2D eigenvalue weighted by molar-refractivity contribution is 5.69. The molecule has 0 aromatic heterocycles. The third-order valence-corrected chi connectivity index (χ3v) is 2.65. The molecular weight excluding hydrogens is 214 g/mol. The number of hydrogen-bond donors (Lipinski definition) is 1. The van der Waals surface area contributed by atoms with E-state index in [0.29, 0.717) is 19.1 Å². The zero-order chi connectivity index (χ0) is 12.9. The fourth-order valence-electron chi connectivity index (χ4n) is 1.61. The fraction of sp³-hybridized carbons (Fsp3) is 0.786. The van der Waals surface area contributed by atoms with E-state index in [-0.39, 0.29) is 5.97 Å². The third-order valence-electron chi connectivity index (χ3n) is 2.65. The molecular formula is C14H25NO2. The Morgan fingerprint density at radius 2 is 2.12 bits per heavy atom. The Balaban J connectivity index is 3.34. The topological polar surface area (TPSA) is 38.3 Å². The highest BCUT2D eigenvalue weighted by Crippen LogP contribution is 2.02. The summed E-state index contributed by atoms with van der Waals surface area (Å²) in [6.45, 7) is 5.42. The summed E-state index contributed by atoms with van der Waals surface area (Å²) in [5, 5.41) is 3.42. The SMILES string of the molecule is C#CCC(CC)NCCCCCC(=O)OCC. The van der Waals surface area contributed by atoms with Crippen LogP contribution in [0.5, 0.6) is 0 Å². The van der Waals surface area contributed by atoms with Crippen molar-refractivity contribution in [1.29, 1.82) is 0 Å². The zero-order valence-electron chi connectivity index (χ0n) is 11.1. The molecule has 0 radical (unpaired) electrons. The van der Waals surface area contributed by atoms with Gasteiger partial charge in [-0.2, -0.15) is 0 Å². The van der Waals surface area contributed by atoms with Gasteiger partial charge in [0.2, 0.25) is 0 Å². The maximum atomic E-state index is 11.1. The monoisotopic (exact) mass is 239 g/mol. The lowest BCUT2D eigenvalue weighted by molar-refractivity contribution is -0.143. The summed E-state index contributed by atoms with van der Waals surface area (Å²) in [6, 6.07) is 0.435. The van der Waals surface area contributed by atoms with Gasteiger partial charge in [0.05, 0.1) is 6.61 Å². The van der Waals surface area contributed by atoms with Crippen LogP contribution in [0.25, 0.3) is 0 Å². The Morgan fingerprint density at radius 3 is 2.71 bits per heavy atom. The minimum absolute atomic E-state index is 0.0841. The number of rotatable bonds is 10. The van der Waals surface area contributed by atoms with Crippen LogP contribution in [0.3, 0.4) is 0 Å². The standard InChI is InChI=1S/C14H25NO2/c1-4-10-13(5-2)15-12-9-7-8-11-14(16)17-6-3/h1,13,15H,5-12H2,2-3H3. The van der Waals surface area contributed by atoms with Gasteiger partial charge in [0.1, 0.15) is 0 Å². The van der Waals surface area contributed by atoms with E-state index in [1.54, 1.807) is 0 Å². The molecule has 0 spiro atoms. The lowest BCUT2D eigenvalue weighted by Crippen LogP contribution is -2.28. The van der Waals surface area contributed by atoms with Gasteiger partial charge in [-0.15, -0.1) is 12.3 Å². The number of carbonyl (C=O) groups is 1. The van der Waals surface area contributed by atoms with E-state index < -0.39 is 0 Å². The molecule has 0 bridgehead atoms. The molecule has 0 aliphatic heterocycles. The van der Waals surface area contributed by atoms with Crippen molar-refractivity contribution in [2.24, 2.45) is 0 Å². The predicted octanol–water partition coefficient (Wildman–Crippen LogP) is 2.50. The molecule has 1 atom stereocenters. The van der Waals surface area contributed by atoms with Crippen molar-refractivity contribution < 1.29 is 9.53 Å². The van der Waals surface area contributed by atoms with Gasteiger partial charge in [0.25, 0.3) is 0 Å². The van der Waals surface area contributed by atoms with E-state index in [4.69, 9.17) is 11.2 Å². The van der Waals surface area contributed by atoms with E-state index in [1.165, 1.54) is 0 Å². The lowest BCUT2D eigenvalue weighted by atomic mass is 10.1. The lowest BCUT2D eigenvalue weighted by Gasteiger charge is -2.13. The molecule has 0 saturated carbocycles. The third kappa shape index (κ3) is 9.89. The average Bonchev–Trinajstić information content (AvgIpc) is 2.32. The van der Waals surface area contributed by atoms with Crippen molar-refractivity contribution in [1.82, 2.24) is 5.32 Å². The van der Waals surface area contributed by atoms with Gasteiger partial charge < -0.3 is 10.1 Å². The zero-order valence-corrected chi connectivity index (χ0v) is 11.1.